The van der Waals surface area contributed by atoms with E-state index in [1.165, 1.54) is 77.9 Å². The van der Waals surface area contributed by atoms with Crippen LogP contribution in [0.5, 0.6) is 0 Å². The van der Waals surface area contributed by atoms with Crippen molar-refractivity contribution in [2.24, 2.45) is 0 Å². The van der Waals surface area contributed by atoms with Gasteiger partial charge in [0.2, 0.25) is 0 Å². The molecule has 8 aromatic rings. The van der Waals surface area contributed by atoms with Gasteiger partial charge in [0.25, 0.3) is 0 Å². The van der Waals surface area contributed by atoms with E-state index in [2.05, 4.69) is 207 Å². The molecule has 0 atom stereocenters. The fraction of sp³-hybridized carbons (Fsp3) is 0.0943. The molecule has 10 rings (SSSR count). The summed E-state index contributed by atoms with van der Waals surface area (Å²) in [4.78, 5) is 2.40. The largest absolute Gasteiger partial charge is 0.310 e. The molecule has 2 aliphatic carbocycles. The van der Waals surface area contributed by atoms with E-state index in [-0.39, 0.29) is 5.41 Å². The molecule has 1 nitrogen and oxygen atoms in total. The van der Waals surface area contributed by atoms with Gasteiger partial charge < -0.3 is 4.90 Å². The Morgan fingerprint density at radius 1 is 0.333 bits per heavy atom. The molecule has 0 fully saturated rings. The van der Waals surface area contributed by atoms with E-state index >= 15 is 0 Å². The lowest BCUT2D eigenvalue weighted by molar-refractivity contribution is 0.660. The molecule has 0 N–H and O–H groups in total. The van der Waals surface area contributed by atoms with Crippen LogP contribution in [0.4, 0.5) is 17.1 Å². The third kappa shape index (κ3) is 5.39. The number of benzene rings is 8. The Hall–Kier alpha value is -6.44. The maximum atomic E-state index is 2.43. The number of hydrogen-bond donors (Lipinski definition) is 0. The highest BCUT2D eigenvalue weighted by molar-refractivity contribution is 5.86. The van der Waals surface area contributed by atoms with E-state index in [1.807, 2.05) is 0 Å². The SMILES string of the molecule is CC1(C)c2ccccc2-c2ccc(-c3ccc(N(c4ccccc4)c4ccc5c(c4)Cc4ccccc4-c4ccccc4Cc4ccccc4-5)cc3)cc21. The lowest BCUT2D eigenvalue weighted by Crippen LogP contribution is -2.14. The Balaban J connectivity index is 1.08. The standard InChI is InChI=1S/C53H41N/c1-53(2)51-23-13-12-22-49(51)50-30-26-37(35-52(50)53)36-24-27-43(28-25-36)54(42-17-4-3-5-18-42)44-29-31-48-41(34-44)33-40-16-8-10-20-46(40)45-19-9-6-14-38(45)32-39-15-7-11-21-47(39)48/h3-31,34-35H,32-33H2,1-2H3. The molecule has 8 aromatic carbocycles. The Kier molecular flexibility index (Phi) is 7.70. The van der Waals surface area contributed by atoms with Crippen molar-refractivity contribution in [3.63, 3.8) is 0 Å². The van der Waals surface area contributed by atoms with Crippen molar-refractivity contribution in [2.75, 3.05) is 4.90 Å². The van der Waals surface area contributed by atoms with Crippen molar-refractivity contribution in [3.05, 3.63) is 221 Å². The molecule has 0 saturated heterocycles. The molecule has 0 spiro atoms. The molecule has 54 heavy (non-hydrogen) atoms. The predicted molar refractivity (Wildman–Crippen MR) is 227 cm³/mol. The van der Waals surface area contributed by atoms with E-state index in [4.69, 9.17) is 0 Å². The average molecular weight is 692 g/mol. The summed E-state index contributed by atoms with van der Waals surface area (Å²) in [7, 11) is 0. The van der Waals surface area contributed by atoms with Crippen LogP contribution in [-0.4, -0.2) is 0 Å². The fourth-order valence-electron chi connectivity index (χ4n) is 9.06. The van der Waals surface area contributed by atoms with E-state index < -0.39 is 0 Å². The van der Waals surface area contributed by atoms with Gasteiger partial charge in [0, 0.05) is 22.5 Å². The molecule has 0 aromatic heterocycles. The summed E-state index contributed by atoms with van der Waals surface area (Å²) in [6, 6.07) is 69.7. The average Bonchev–Trinajstić information content (AvgIpc) is 3.45. The maximum absolute atomic E-state index is 2.43. The number of fused-ring (bicyclic) bond motifs is 9. The summed E-state index contributed by atoms with van der Waals surface area (Å²) in [6.07, 6.45) is 1.72. The van der Waals surface area contributed by atoms with Gasteiger partial charge >= 0.3 is 0 Å². The van der Waals surface area contributed by atoms with Crippen molar-refractivity contribution in [3.8, 4) is 44.5 Å². The van der Waals surface area contributed by atoms with Crippen LogP contribution >= 0.6 is 0 Å². The van der Waals surface area contributed by atoms with Crippen LogP contribution < -0.4 is 4.90 Å². The molecular formula is C53H41N. The van der Waals surface area contributed by atoms with Crippen LogP contribution in [0.3, 0.4) is 0 Å². The van der Waals surface area contributed by atoms with Gasteiger partial charge in [-0.1, -0.05) is 159 Å². The van der Waals surface area contributed by atoms with Crippen molar-refractivity contribution in [1.29, 1.82) is 0 Å². The van der Waals surface area contributed by atoms with E-state index in [1.54, 1.807) is 0 Å². The van der Waals surface area contributed by atoms with Crippen LogP contribution in [0.1, 0.15) is 47.2 Å². The third-order valence-electron chi connectivity index (χ3n) is 11.8. The van der Waals surface area contributed by atoms with Gasteiger partial charge in [-0.25, -0.2) is 0 Å². The molecule has 0 unspecified atom stereocenters. The van der Waals surface area contributed by atoms with Gasteiger partial charge in [-0.2, -0.15) is 0 Å². The van der Waals surface area contributed by atoms with Crippen molar-refractivity contribution in [2.45, 2.75) is 32.1 Å². The summed E-state index contributed by atoms with van der Waals surface area (Å²) in [6.45, 7) is 4.70. The zero-order valence-corrected chi connectivity index (χ0v) is 30.8. The zero-order valence-electron chi connectivity index (χ0n) is 30.8. The lowest BCUT2D eigenvalue weighted by atomic mass is 9.81. The second-order valence-electron chi connectivity index (χ2n) is 15.3. The summed E-state index contributed by atoms with van der Waals surface area (Å²) < 4.78 is 0. The molecule has 0 saturated carbocycles. The summed E-state index contributed by atoms with van der Waals surface area (Å²) >= 11 is 0. The highest BCUT2D eigenvalue weighted by atomic mass is 15.1. The summed E-state index contributed by atoms with van der Waals surface area (Å²) in [5.74, 6) is 0. The Morgan fingerprint density at radius 3 is 1.43 bits per heavy atom. The van der Waals surface area contributed by atoms with Gasteiger partial charge in [-0.3, -0.25) is 0 Å². The minimum absolute atomic E-state index is 0.0289. The molecular weight excluding hydrogens is 651 g/mol. The minimum atomic E-state index is -0.0289. The topological polar surface area (TPSA) is 3.24 Å². The van der Waals surface area contributed by atoms with Crippen molar-refractivity contribution in [1.82, 2.24) is 0 Å². The quantitative estimate of drug-likeness (QED) is 0.178. The van der Waals surface area contributed by atoms with Gasteiger partial charge in [0.15, 0.2) is 0 Å². The zero-order chi connectivity index (χ0) is 36.2. The van der Waals surface area contributed by atoms with Crippen LogP contribution in [0.25, 0.3) is 44.5 Å². The molecule has 0 radical (unpaired) electrons. The molecule has 0 heterocycles. The van der Waals surface area contributed by atoms with Gasteiger partial charge in [-0.05, 0) is 133 Å². The first-order valence-electron chi connectivity index (χ1n) is 19.1. The highest BCUT2D eigenvalue weighted by Crippen LogP contribution is 2.50. The number of para-hydroxylation sites is 1. The predicted octanol–water partition coefficient (Wildman–Crippen LogP) is 14.0. The lowest BCUT2D eigenvalue weighted by Gasteiger charge is -2.28. The van der Waals surface area contributed by atoms with Gasteiger partial charge in [0.1, 0.15) is 0 Å². The smallest absolute Gasteiger partial charge is 0.0464 e. The number of rotatable bonds is 4. The third-order valence-corrected chi connectivity index (χ3v) is 11.8. The van der Waals surface area contributed by atoms with E-state index in [9.17, 15) is 0 Å². The Bertz CT molecular complexity index is 2680. The van der Waals surface area contributed by atoms with E-state index in [0.717, 1.165) is 29.9 Å². The molecule has 0 aliphatic heterocycles. The van der Waals surface area contributed by atoms with E-state index in [0.29, 0.717) is 0 Å². The molecule has 258 valence electrons. The maximum Gasteiger partial charge on any atom is 0.0464 e. The first kappa shape index (κ1) is 32.2. The molecule has 2 aliphatic rings. The highest BCUT2D eigenvalue weighted by Gasteiger charge is 2.35. The van der Waals surface area contributed by atoms with Crippen LogP contribution in [0, 0.1) is 0 Å². The number of nitrogens with zero attached hydrogens (tertiary/aromatic N) is 1. The first-order chi connectivity index (χ1) is 26.5. The molecule has 0 amide bonds. The van der Waals surface area contributed by atoms with Gasteiger partial charge in [0.05, 0.1) is 0 Å². The summed E-state index contributed by atoms with van der Waals surface area (Å²) in [5.41, 5.74) is 22.0. The first-order valence-corrected chi connectivity index (χ1v) is 19.1. The van der Waals surface area contributed by atoms with Crippen LogP contribution in [0.2, 0.25) is 0 Å². The second kappa shape index (κ2) is 12.9. The van der Waals surface area contributed by atoms with Crippen LogP contribution in [-0.2, 0) is 18.3 Å². The number of anilines is 3. The van der Waals surface area contributed by atoms with Crippen molar-refractivity contribution < 1.29 is 0 Å². The van der Waals surface area contributed by atoms with Crippen LogP contribution in [0.15, 0.2) is 188 Å². The minimum Gasteiger partial charge on any atom is -0.310 e. The van der Waals surface area contributed by atoms with Crippen molar-refractivity contribution >= 4 is 17.1 Å². The Morgan fingerprint density at radius 2 is 0.778 bits per heavy atom. The normalized spacial score (nSPS) is 13.4. The number of hydrogen-bond acceptors (Lipinski definition) is 1. The molecule has 1 heteroatoms. The van der Waals surface area contributed by atoms with Gasteiger partial charge in [-0.15, -0.1) is 0 Å². The second-order valence-corrected chi connectivity index (χ2v) is 15.3. The monoisotopic (exact) mass is 691 g/mol. The fourth-order valence-corrected chi connectivity index (χ4v) is 9.06. The molecule has 0 bridgehead atoms. The Labute approximate surface area is 318 Å². The summed E-state index contributed by atoms with van der Waals surface area (Å²) in [5, 5.41) is 0.